The summed E-state index contributed by atoms with van der Waals surface area (Å²) < 4.78 is 5.97. The zero-order valence-electron chi connectivity index (χ0n) is 11.1. The number of piperidine rings is 1. The first kappa shape index (κ1) is 14.3. The predicted molar refractivity (Wildman–Crippen MR) is 78.4 cm³/mol. The molecule has 1 saturated heterocycles. The molecule has 0 unspecified atom stereocenters. The molecule has 0 saturated carbocycles. The normalized spacial score (nSPS) is 16.5. The van der Waals surface area contributed by atoms with Crippen LogP contribution < -0.4 is 10.5 Å². The van der Waals surface area contributed by atoms with Crippen LogP contribution in [0.5, 0.6) is 5.75 Å². The van der Waals surface area contributed by atoms with E-state index in [2.05, 4.69) is 15.9 Å². The van der Waals surface area contributed by atoms with Crippen molar-refractivity contribution in [3.05, 3.63) is 28.2 Å². The van der Waals surface area contributed by atoms with E-state index in [0.717, 1.165) is 42.7 Å². The molecule has 0 aliphatic carbocycles. The number of carbonyl (C=O) groups excluding carboxylic acids is 1. The lowest BCUT2D eigenvalue weighted by Gasteiger charge is -2.31. The van der Waals surface area contributed by atoms with Gasteiger partial charge in [0.2, 0.25) is 0 Å². The third-order valence-corrected chi connectivity index (χ3v) is 4.25. The molecule has 1 aliphatic rings. The monoisotopic (exact) mass is 326 g/mol. The number of amides is 1. The molecule has 0 spiro atoms. The summed E-state index contributed by atoms with van der Waals surface area (Å²) in [7, 11) is 1.61. The van der Waals surface area contributed by atoms with Crippen molar-refractivity contribution < 1.29 is 9.53 Å². The molecule has 0 aromatic heterocycles. The Balaban J connectivity index is 2.06. The topological polar surface area (TPSA) is 55.6 Å². The molecule has 0 radical (unpaired) electrons. The number of likely N-dealkylation sites (tertiary alicyclic amines) is 1. The molecule has 0 bridgehead atoms. The number of methoxy groups -OCH3 is 1. The van der Waals surface area contributed by atoms with Crippen LogP contribution in [0.15, 0.2) is 22.7 Å². The van der Waals surface area contributed by atoms with E-state index in [0.29, 0.717) is 11.5 Å². The molecule has 1 aromatic carbocycles. The van der Waals surface area contributed by atoms with Gasteiger partial charge in [-0.3, -0.25) is 4.79 Å². The molecule has 1 amide bonds. The van der Waals surface area contributed by atoms with Crippen LogP contribution in [-0.4, -0.2) is 37.6 Å². The highest BCUT2D eigenvalue weighted by Gasteiger charge is 2.23. The van der Waals surface area contributed by atoms with Gasteiger partial charge in [-0.05, 0) is 59.4 Å². The highest BCUT2D eigenvalue weighted by atomic mass is 79.9. The van der Waals surface area contributed by atoms with Crippen LogP contribution >= 0.6 is 15.9 Å². The van der Waals surface area contributed by atoms with Gasteiger partial charge in [0.1, 0.15) is 5.75 Å². The van der Waals surface area contributed by atoms with Crippen molar-refractivity contribution in [3.8, 4) is 5.75 Å². The molecule has 1 aromatic rings. The smallest absolute Gasteiger partial charge is 0.253 e. The maximum absolute atomic E-state index is 12.4. The van der Waals surface area contributed by atoms with Gasteiger partial charge in [0, 0.05) is 18.7 Å². The zero-order chi connectivity index (χ0) is 13.8. The van der Waals surface area contributed by atoms with Gasteiger partial charge in [-0.15, -0.1) is 0 Å². The second-order valence-corrected chi connectivity index (χ2v) is 5.67. The lowest BCUT2D eigenvalue weighted by Crippen LogP contribution is -2.40. The Kier molecular flexibility index (Phi) is 4.82. The SMILES string of the molecule is COc1ccc(C(=O)N2CCC(CN)CC2)cc1Br. The molecule has 2 N–H and O–H groups in total. The van der Waals surface area contributed by atoms with E-state index < -0.39 is 0 Å². The van der Waals surface area contributed by atoms with Gasteiger partial charge in [-0.1, -0.05) is 0 Å². The van der Waals surface area contributed by atoms with Crippen molar-refractivity contribution in [2.24, 2.45) is 11.7 Å². The minimum absolute atomic E-state index is 0.0822. The molecule has 104 valence electrons. The molecular formula is C14H19BrN2O2. The largest absolute Gasteiger partial charge is 0.496 e. The van der Waals surface area contributed by atoms with Crippen molar-refractivity contribution in [2.75, 3.05) is 26.7 Å². The van der Waals surface area contributed by atoms with E-state index in [1.54, 1.807) is 13.2 Å². The van der Waals surface area contributed by atoms with E-state index in [1.165, 1.54) is 0 Å². The summed E-state index contributed by atoms with van der Waals surface area (Å²) in [4.78, 5) is 14.3. The lowest BCUT2D eigenvalue weighted by atomic mass is 9.96. The van der Waals surface area contributed by atoms with Gasteiger partial charge in [0.15, 0.2) is 0 Å². The second-order valence-electron chi connectivity index (χ2n) is 4.82. The zero-order valence-corrected chi connectivity index (χ0v) is 12.6. The fourth-order valence-electron chi connectivity index (χ4n) is 2.35. The lowest BCUT2D eigenvalue weighted by molar-refractivity contribution is 0.0693. The van der Waals surface area contributed by atoms with Gasteiger partial charge >= 0.3 is 0 Å². The molecule has 2 rings (SSSR count). The number of ether oxygens (including phenoxy) is 1. The molecule has 1 heterocycles. The number of hydrogen-bond acceptors (Lipinski definition) is 3. The summed E-state index contributed by atoms with van der Waals surface area (Å²) in [6.45, 7) is 2.31. The van der Waals surface area contributed by atoms with Crippen molar-refractivity contribution >= 4 is 21.8 Å². The first-order valence-electron chi connectivity index (χ1n) is 6.48. The number of benzene rings is 1. The molecule has 5 heteroatoms. The van der Waals surface area contributed by atoms with Gasteiger partial charge in [-0.2, -0.15) is 0 Å². The number of carbonyl (C=O) groups is 1. The van der Waals surface area contributed by atoms with Crippen molar-refractivity contribution in [2.45, 2.75) is 12.8 Å². The Morgan fingerprint density at radius 1 is 1.47 bits per heavy atom. The highest BCUT2D eigenvalue weighted by Crippen LogP contribution is 2.27. The van der Waals surface area contributed by atoms with Crippen molar-refractivity contribution in [3.63, 3.8) is 0 Å². The van der Waals surface area contributed by atoms with Gasteiger partial charge in [0.05, 0.1) is 11.6 Å². The fourth-order valence-corrected chi connectivity index (χ4v) is 2.89. The van der Waals surface area contributed by atoms with E-state index >= 15 is 0 Å². The van der Waals surface area contributed by atoms with E-state index in [-0.39, 0.29) is 5.91 Å². The summed E-state index contributed by atoms with van der Waals surface area (Å²) >= 11 is 3.41. The quantitative estimate of drug-likeness (QED) is 0.927. The molecule has 19 heavy (non-hydrogen) atoms. The molecule has 0 atom stereocenters. The Hall–Kier alpha value is -1.07. The minimum Gasteiger partial charge on any atom is -0.496 e. The Bertz CT molecular complexity index is 457. The molecule has 1 aliphatic heterocycles. The van der Waals surface area contributed by atoms with Gasteiger partial charge in [-0.25, -0.2) is 0 Å². The number of hydrogen-bond donors (Lipinski definition) is 1. The Labute approximate surface area is 122 Å². The number of halogens is 1. The van der Waals surface area contributed by atoms with E-state index in [9.17, 15) is 4.79 Å². The maximum Gasteiger partial charge on any atom is 0.253 e. The summed E-state index contributed by atoms with van der Waals surface area (Å²) in [5, 5.41) is 0. The first-order chi connectivity index (χ1) is 9.15. The second kappa shape index (κ2) is 6.39. The predicted octanol–water partition coefficient (Wildman–Crippen LogP) is 2.27. The van der Waals surface area contributed by atoms with E-state index in [4.69, 9.17) is 10.5 Å². The van der Waals surface area contributed by atoms with Crippen LogP contribution in [0.3, 0.4) is 0 Å². The Morgan fingerprint density at radius 2 is 2.16 bits per heavy atom. The maximum atomic E-state index is 12.4. The highest BCUT2D eigenvalue weighted by molar-refractivity contribution is 9.10. The van der Waals surface area contributed by atoms with Gasteiger partial charge in [0.25, 0.3) is 5.91 Å². The standard InChI is InChI=1S/C14H19BrN2O2/c1-19-13-3-2-11(8-12(13)15)14(18)17-6-4-10(9-16)5-7-17/h2-3,8,10H,4-7,9,16H2,1H3. The fraction of sp³-hybridized carbons (Fsp3) is 0.500. The molecular weight excluding hydrogens is 308 g/mol. The van der Waals surface area contributed by atoms with Crippen LogP contribution in [0.25, 0.3) is 0 Å². The van der Waals surface area contributed by atoms with Gasteiger partial charge < -0.3 is 15.4 Å². The Morgan fingerprint density at radius 3 is 2.68 bits per heavy atom. The van der Waals surface area contributed by atoms with Crippen LogP contribution in [0.2, 0.25) is 0 Å². The summed E-state index contributed by atoms with van der Waals surface area (Å²) in [5.74, 6) is 1.38. The molecule has 4 nitrogen and oxygen atoms in total. The van der Waals surface area contributed by atoms with Crippen LogP contribution in [-0.2, 0) is 0 Å². The summed E-state index contributed by atoms with van der Waals surface area (Å²) in [6, 6.07) is 5.43. The van der Waals surface area contributed by atoms with E-state index in [1.807, 2.05) is 17.0 Å². The number of rotatable bonds is 3. The average molecular weight is 327 g/mol. The van der Waals surface area contributed by atoms with Crippen LogP contribution in [0.1, 0.15) is 23.2 Å². The van der Waals surface area contributed by atoms with Crippen molar-refractivity contribution in [1.29, 1.82) is 0 Å². The molecule has 1 fully saturated rings. The minimum atomic E-state index is 0.0822. The van der Waals surface area contributed by atoms with Crippen LogP contribution in [0.4, 0.5) is 0 Å². The number of nitrogens with zero attached hydrogens (tertiary/aromatic N) is 1. The third-order valence-electron chi connectivity index (χ3n) is 3.63. The first-order valence-corrected chi connectivity index (χ1v) is 7.28. The average Bonchev–Trinajstić information content (AvgIpc) is 2.46. The third kappa shape index (κ3) is 3.28. The van der Waals surface area contributed by atoms with Crippen molar-refractivity contribution in [1.82, 2.24) is 4.90 Å². The number of nitrogens with two attached hydrogens (primary N) is 1. The summed E-state index contributed by atoms with van der Waals surface area (Å²) in [5.41, 5.74) is 6.36. The summed E-state index contributed by atoms with van der Waals surface area (Å²) in [6.07, 6.45) is 2.00. The van der Waals surface area contributed by atoms with Crippen LogP contribution in [0, 0.1) is 5.92 Å².